The number of benzene rings is 1. The predicted octanol–water partition coefficient (Wildman–Crippen LogP) is 1.47. The van der Waals surface area contributed by atoms with Crippen LogP contribution in [0.1, 0.15) is 12.5 Å². The van der Waals surface area contributed by atoms with Crippen LogP contribution in [0.15, 0.2) is 36.7 Å². The Balaban J connectivity index is 2.00. The van der Waals surface area contributed by atoms with E-state index in [2.05, 4.69) is 26.8 Å². The number of amides is 1. The van der Waals surface area contributed by atoms with Gasteiger partial charge in [0.05, 0.1) is 12.7 Å². The molecule has 0 aliphatic carbocycles. The molecule has 2 aromatic heterocycles. The third kappa shape index (κ3) is 4.25. The molecule has 1 atom stereocenters. The smallest absolute Gasteiger partial charge is 0.263 e. The van der Waals surface area contributed by atoms with Crippen molar-refractivity contribution in [1.29, 1.82) is 0 Å². The Morgan fingerprint density at radius 3 is 2.86 bits per heavy atom. The monoisotopic (exact) mass is 391 g/mol. The van der Waals surface area contributed by atoms with E-state index in [9.17, 15) is 9.90 Å². The number of carbonyl (C=O) groups is 1. The predicted molar refractivity (Wildman–Crippen MR) is 110 cm³/mol. The fraction of sp³-hybridized carbons (Fsp3) is 0.238. The van der Waals surface area contributed by atoms with Crippen molar-refractivity contribution < 1.29 is 14.6 Å². The van der Waals surface area contributed by atoms with Crippen LogP contribution in [0.2, 0.25) is 0 Å². The minimum Gasteiger partial charge on any atom is -0.496 e. The van der Waals surface area contributed by atoms with Gasteiger partial charge < -0.3 is 20.5 Å². The van der Waals surface area contributed by atoms with Gasteiger partial charge in [0.1, 0.15) is 17.1 Å². The van der Waals surface area contributed by atoms with Crippen LogP contribution in [-0.4, -0.2) is 57.7 Å². The molecule has 3 N–H and O–H groups in total. The number of anilines is 1. The number of methoxy groups -OCH3 is 1. The molecule has 0 saturated carbocycles. The average Bonchev–Trinajstić information content (AvgIpc) is 2.76. The van der Waals surface area contributed by atoms with Gasteiger partial charge in [0, 0.05) is 36.9 Å². The molecule has 148 valence electrons. The molecule has 29 heavy (non-hydrogen) atoms. The lowest BCUT2D eigenvalue weighted by Gasteiger charge is -2.15. The number of aliphatic hydroxyl groups excluding tert-OH is 1. The fourth-order valence-corrected chi connectivity index (χ4v) is 2.65. The van der Waals surface area contributed by atoms with Crippen LogP contribution in [0.3, 0.4) is 0 Å². The van der Waals surface area contributed by atoms with Gasteiger partial charge in [-0.1, -0.05) is 11.8 Å². The van der Waals surface area contributed by atoms with Crippen molar-refractivity contribution in [1.82, 2.24) is 19.9 Å². The van der Waals surface area contributed by atoms with Crippen molar-refractivity contribution >= 4 is 22.6 Å². The number of hydrogen-bond acceptors (Lipinski definition) is 7. The Hall–Kier alpha value is -3.70. The van der Waals surface area contributed by atoms with E-state index in [4.69, 9.17) is 10.5 Å². The maximum absolute atomic E-state index is 12.0. The minimum absolute atomic E-state index is 0.308. The molecule has 0 aliphatic rings. The Bertz CT molecular complexity index is 1120. The first-order valence-corrected chi connectivity index (χ1v) is 8.94. The maximum Gasteiger partial charge on any atom is 0.263 e. The SMILES string of the molecule is CCN(C)C(=O)[C@H](O)C#Cc1ccc(OC)c(-c2ncc3ccnc(N)c3n2)c1. The molecule has 0 saturated heterocycles. The number of hydrogen-bond donors (Lipinski definition) is 2. The fourth-order valence-electron chi connectivity index (χ4n) is 2.65. The number of aromatic nitrogens is 3. The van der Waals surface area contributed by atoms with Crippen LogP contribution in [0, 0.1) is 11.8 Å². The van der Waals surface area contributed by atoms with E-state index in [0.717, 1.165) is 5.39 Å². The number of nitrogens with two attached hydrogens (primary N) is 1. The number of pyridine rings is 1. The van der Waals surface area contributed by atoms with E-state index in [0.29, 0.717) is 40.6 Å². The third-order valence-electron chi connectivity index (χ3n) is 4.41. The number of nitrogens with zero attached hydrogens (tertiary/aromatic N) is 4. The summed E-state index contributed by atoms with van der Waals surface area (Å²) in [4.78, 5) is 26.3. The quantitative estimate of drug-likeness (QED) is 0.647. The molecule has 0 fully saturated rings. The molecule has 0 unspecified atom stereocenters. The molecule has 0 aliphatic heterocycles. The molecule has 8 heteroatoms. The lowest BCUT2D eigenvalue weighted by Crippen LogP contribution is -2.35. The van der Waals surface area contributed by atoms with Gasteiger partial charge >= 0.3 is 0 Å². The molecule has 2 heterocycles. The molecule has 8 nitrogen and oxygen atoms in total. The molecule has 0 radical (unpaired) electrons. The number of nitrogen functional groups attached to an aromatic ring is 1. The number of aliphatic hydroxyl groups is 1. The zero-order valence-electron chi connectivity index (χ0n) is 16.4. The van der Waals surface area contributed by atoms with Gasteiger partial charge in [-0.2, -0.15) is 0 Å². The second-order valence-electron chi connectivity index (χ2n) is 6.27. The lowest BCUT2D eigenvalue weighted by atomic mass is 10.1. The minimum atomic E-state index is -1.40. The first kappa shape index (κ1) is 20.0. The van der Waals surface area contributed by atoms with Crippen LogP contribution >= 0.6 is 0 Å². The Kier molecular flexibility index (Phi) is 5.90. The number of rotatable bonds is 4. The first-order valence-electron chi connectivity index (χ1n) is 8.94. The summed E-state index contributed by atoms with van der Waals surface area (Å²) in [5.41, 5.74) is 7.66. The van der Waals surface area contributed by atoms with E-state index in [1.807, 2.05) is 6.92 Å². The molecular formula is C21H21N5O3. The molecule has 1 amide bonds. The number of ether oxygens (including phenoxy) is 1. The highest BCUT2D eigenvalue weighted by Crippen LogP contribution is 2.29. The number of likely N-dealkylation sites (N-methyl/N-ethyl adjacent to an activating group) is 1. The first-order chi connectivity index (χ1) is 13.9. The average molecular weight is 391 g/mol. The van der Waals surface area contributed by atoms with E-state index < -0.39 is 12.0 Å². The van der Waals surface area contributed by atoms with Gasteiger partial charge in [-0.05, 0) is 31.2 Å². The Morgan fingerprint density at radius 2 is 2.14 bits per heavy atom. The van der Waals surface area contributed by atoms with E-state index in [-0.39, 0.29) is 0 Å². The van der Waals surface area contributed by atoms with Crippen molar-refractivity contribution in [3.63, 3.8) is 0 Å². The van der Waals surface area contributed by atoms with Gasteiger partial charge in [0.2, 0.25) is 0 Å². The van der Waals surface area contributed by atoms with Crippen molar-refractivity contribution in [3.05, 3.63) is 42.2 Å². The Labute approximate surface area is 168 Å². The zero-order valence-corrected chi connectivity index (χ0v) is 16.4. The summed E-state index contributed by atoms with van der Waals surface area (Å²) in [7, 11) is 3.15. The standard InChI is InChI=1S/C21H21N5O3/c1-4-26(2)21(28)16(27)7-5-13-6-8-17(29-3)15(11-13)20-24-12-14-9-10-23-19(22)18(14)25-20/h6,8-12,16,27H,4H2,1-3H3,(H2,22,23)/t16-/m1/s1. The highest BCUT2D eigenvalue weighted by molar-refractivity contribution is 5.88. The molecular weight excluding hydrogens is 370 g/mol. The van der Waals surface area contributed by atoms with E-state index >= 15 is 0 Å². The van der Waals surface area contributed by atoms with Crippen molar-refractivity contribution in [2.45, 2.75) is 13.0 Å². The van der Waals surface area contributed by atoms with Crippen molar-refractivity contribution in [2.24, 2.45) is 0 Å². The number of fused-ring (bicyclic) bond motifs is 1. The molecule has 3 aromatic rings. The normalized spacial score (nSPS) is 11.4. The Morgan fingerprint density at radius 1 is 1.34 bits per heavy atom. The van der Waals surface area contributed by atoms with Gasteiger partial charge in [0.15, 0.2) is 11.9 Å². The van der Waals surface area contributed by atoms with Crippen LogP contribution in [-0.2, 0) is 4.79 Å². The summed E-state index contributed by atoms with van der Waals surface area (Å²) < 4.78 is 5.42. The summed E-state index contributed by atoms with van der Waals surface area (Å²) in [5, 5.41) is 10.8. The summed E-state index contributed by atoms with van der Waals surface area (Å²) in [6.07, 6.45) is 1.87. The zero-order chi connectivity index (χ0) is 21.0. The van der Waals surface area contributed by atoms with Gasteiger partial charge in [0.25, 0.3) is 5.91 Å². The van der Waals surface area contributed by atoms with E-state index in [1.54, 1.807) is 50.8 Å². The van der Waals surface area contributed by atoms with Gasteiger partial charge in [-0.3, -0.25) is 4.79 Å². The topological polar surface area (TPSA) is 114 Å². The molecule has 0 spiro atoms. The van der Waals surface area contributed by atoms with Crippen molar-refractivity contribution in [3.8, 4) is 29.0 Å². The molecule has 3 rings (SSSR count). The second kappa shape index (κ2) is 8.54. The van der Waals surface area contributed by atoms with E-state index in [1.165, 1.54) is 4.90 Å². The van der Waals surface area contributed by atoms with Crippen LogP contribution in [0.25, 0.3) is 22.3 Å². The van der Waals surface area contributed by atoms with Crippen LogP contribution in [0.5, 0.6) is 5.75 Å². The van der Waals surface area contributed by atoms with Crippen LogP contribution in [0.4, 0.5) is 5.82 Å². The summed E-state index contributed by atoms with van der Waals surface area (Å²) >= 11 is 0. The summed E-state index contributed by atoms with van der Waals surface area (Å²) in [5.74, 6) is 6.21. The highest BCUT2D eigenvalue weighted by atomic mass is 16.5. The largest absolute Gasteiger partial charge is 0.496 e. The lowest BCUT2D eigenvalue weighted by molar-refractivity contribution is -0.135. The van der Waals surface area contributed by atoms with Crippen molar-refractivity contribution in [2.75, 3.05) is 26.4 Å². The summed E-state index contributed by atoms with van der Waals surface area (Å²) in [6, 6.07) is 6.97. The molecule has 0 bridgehead atoms. The molecule has 1 aromatic carbocycles. The summed E-state index contributed by atoms with van der Waals surface area (Å²) in [6.45, 7) is 2.31. The highest BCUT2D eigenvalue weighted by Gasteiger charge is 2.16. The van der Waals surface area contributed by atoms with Gasteiger partial charge in [-0.25, -0.2) is 15.0 Å². The van der Waals surface area contributed by atoms with Gasteiger partial charge in [-0.15, -0.1) is 0 Å². The number of carbonyl (C=O) groups excluding carboxylic acids is 1. The second-order valence-corrected chi connectivity index (χ2v) is 6.27. The third-order valence-corrected chi connectivity index (χ3v) is 4.41. The maximum atomic E-state index is 12.0. The van der Waals surface area contributed by atoms with Crippen LogP contribution < -0.4 is 10.5 Å².